The Kier molecular flexibility index (Phi) is 7.15. The van der Waals surface area contributed by atoms with Gasteiger partial charge < -0.3 is 15.1 Å². The van der Waals surface area contributed by atoms with Gasteiger partial charge in [0.2, 0.25) is 17.8 Å². The van der Waals surface area contributed by atoms with Gasteiger partial charge in [0.25, 0.3) is 0 Å². The van der Waals surface area contributed by atoms with Gasteiger partial charge in [0.05, 0.1) is 5.92 Å². The predicted octanol–water partition coefficient (Wildman–Crippen LogP) is 3.68. The van der Waals surface area contributed by atoms with Crippen LogP contribution in [0.3, 0.4) is 0 Å². The first-order valence-corrected chi connectivity index (χ1v) is 11.6. The molecule has 1 saturated heterocycles. The van der Waals surface area contributed by atoms with Gasteiger partial charge in [-0.25, -0.2) is 9.97 Å². The van der Waals surface area contributed by atoms with Crippen molar-refractivity contribution >= 4 is 29.1 Å². The molecule has 1 aromatic carbocycles. The van der Waals surface area contributed by atoms with E-state index in [1.807, 2.05) is 74.2 Å². The highest BCUT2D eigenvalue weighted by Crippen LogP contribution is 2.25. The summed E-state index contributed by atoms with van der Waals surface area (Å²) in [6, 6.07) is 15.3. The molecule has 34 heavy (non-hydrogen) atoms. The third kappa shape index (κ3) is 5.57. The van der Waals surface area contributed by atoms with Gasteiger partial charge in [0.1, 0.15) is 0 Å². The molecule has 0 radical (unpaired) electrons. The first-order chi connectivity index (χ1) is 16.4. The van der Waals surface area contributed by atoms with Gasteiger partial charge in [0, 0.05) is 67.1 Å². The summed E-state index contributed by atoms with van der Waals surface area (Å²) in [6.45, 7) is 7.68. The summed E-state index contributed by atoms with van der Waals surface area (Å²) in [5.41, 5.74) is 4.43. The maximum Gasteiger partial charge on any atom is 0.230 e. The fraction of sp³-hybridized carbons (Fsp3) is 0.346. The van der Waals surface area contributed by atoms with E-state index in [1.165, 1.54) is 0 Å². The average Bonchev–Trinajstić information content (AvgIpc) is 3.20. The normalized spacial score (nSPS) is 15.4. The zero-order valence-electron chi connectivity index (χ0n) is 19.9. The Labute approximate surface area is 200 Å². The maximum absolute atomic E-state index is 12.8. The number of benzene rings is 1. The second-order valence-corrected chi connectivity index (χ2v) is 8.54. The standard InChI is InChI=1S/C26H30N6O2/c1-4-32(26-28-18(2)15-19(3)29-26)23-10-8-22(9-11-23)30-25(34)20-16-24(33)31(17-20)14-12-21-7-5-6-13-27-21/h5-11,13,15,20H,4,12,14,16-17H2,1-3H3,(H,30,34). The molecule has 2 aromatic heterocycles. The lowest BCUT2D eigenvalue weighted by atomic mass is 10.1. The van der Waals surface area contributed by atoms with E-state index in [2.05, 4.69) is 20.3 Å². The molecule has 0 aliphatic carbocycles. The summed E-state index contributed by atoms with van der Waals surface area (Å²) in [4.78, 5) is 42.4. The molecule has 0 spiro atoms. The summed E-state index contributed by atoms with van der Waals surface area (Å²) in [7, 11) is 0. The molecular weight excluding hydrogens is 428 g/mol. The van der Waals surface area contributed by atoms with Crippen LogP contribution in [0.15, 0.2) is 54.7 Å². The van der Waals surface area contributed by atoms with Crippen molar-refractivity contribution in [2.75, 3.05) is 29.9 Å². The molecule has 3 heterocycles. The Hall–Kier alpha value is -3.81. The molecule has 1 fully saturated rings. The second-order valence-electron chi connectivity index (χ2n) is 8.54. The van der Waals surface area contributed by atoms with Gasteiger partial charge in [0.15, 0.2) is 0 Å². The Balaban J connectivity index is 1.35. The van der Waals surface area contributed by atoms with Crippen LogP contribution in [-0.4, -0.2) is 51.3 Å². The zero-order valence-corrected chi connectivity index (χ0v) is 19.9. The molecule has 1 atom stereocenters. The van der Waals surface area contributed by atoms with Crippen molar-refractivity contribution in [3.05, 3.63) is 71.8 Å². The van der Waals surface area contributed by atoms with Gasteiger partial charge in [-0.2, -0.15) is 0 Å². The van der Waals surface area contributed by atoms with Crippen LogP contribution >= 0.6 is 0 Å². The van der Waals surface area contributed by atoms with E-state index in [9.17, 15) is 9.59 Å². The molecular formula is C26H30N6O2. The first kappa shape index (κ1) is 23.4. The largest absolute Gasteiger partial charge is 0.341 e. The number of pyridine rings is 1. The molecule has 4 rings (SSSR count). The molecule has 0 bridgehead atoms. The molecule has 1 aliphatic rings. The van der Waals surface area contributed by atoms with E-state index in [4.69, 9.17) is 0 Å². The highest BCUT2D eigenvalue weighted by molar-refractivity contribution is 5.97. The number of aromatic nitrogens is 3. The molecule has 1 N–H and O–H groups in total. The third-order valence-corrected chi connectivity index (χ3v) is 5.92. The molecule has 8 nitrogen and oxygen atoms in total. The Bertz CT molecular complexity index is 1130. The number of carbonyl (C=O) groups excluding carboxylic acids is 2. The summed E-state index contributed by atoms with van der Waals surface area (Å²) >= 11 is 0. The minimum atomic E-state index is -0.355. The lowest BCUT2D eigenvalue weighted by Gasteiger charge is -2.22. The fourth-order valence-corrected chi connectivity index (χ4v) is 4.20. The van der Waals surface area contributed by atoms with Crippen molar-refractivity contribution in [1.29, 1.82) is 0 Å². The Morgan fingerprint density at radius 3 is 2.50 bits per heavy atom. The van der Waals surface area contributed by atoms with E-state index >= 15 is 0 Å². The smallest absolute Gasteiger partial charge is 0.230 e. The van der Waals surface area contributed by atoms with Gasteiger partial charge >= 0.3 is 0 Å². The number of carbonyl (C=O) groups is 2. The number of anilines is 3. The molecule has 1 aliphatic heterocycles. The van der Waals surface area contributed by atoms with Crippen molar-refractivity contribution in [3.63, 3.8) is 0 Å². The van der Waals surface area contributed by atoms with Crippen LogP contribution in [0, 0.1) is 19.8 Å². The minimum Gasteiger partial charge on any atom is -0.341 e. The number of aryl methyl sites for hydroxylation is 2. The number of likely N-dealkylation sites (tertiary alicyclic amines) is 1. The highest BCUT2D eigenvalue weighted by Gasteiger charge is 2.34. The maximum atomic E-state index is 12.8. The van der Waals surface area contributed by atoms with Gasteiger partial charge in [-0.05, 0) is 63.2 Å². The van der Waals surface area contributed by atoms with Crippen LogP contribution in [0.4, 0.5) is 17.3 Å². The highest BCUT2D eigenvalue weighted by atomic mass is 16.2. The summed E-state index contributed by atoms with van der Waals surface area (Å²) in [5, 5.41) is 2.96. The van der Waals surface area contributed by atoms with Crippen molar-refractivity contribution < 1.29 is 9.59 Å². The van der Waals surface area contributed by atoms with Crippen LogP contribution in [-0.2, 0) is 16.0 Å². The summed E-state index contributed by atoms with van der Waals surface area (Å²) in [5.74, 6) is 0.184. The summed E-state index contributed by atoms with van der Waals surface area (Å²) in [6.07, 6.45) is 2.66. The topological polar surface area (TPSA) is 91.3 Å². The van der Waals surface area contributed by atoms with Crippen LogP contribution in [0.2, 0.25) is 0 Å². The van der Waals surface area contributed by atoms with Gasteiger partial charge in [-0.3, -0.25) is 14.6 Å². The van der Waals surface area contributed by atoms with Crippen LogP contribution in [0.5, 0.6) is 0 Å². The van der Waals surface area contributed by atoms with Crippen LogP contribution in [0.25, 0.3) is 0 Å². The monoisotopic (exact) mass is 458 g/mol. The first-order valence-electron chi connectivity index (χ1n) is 11.6. The van der Waals surface area contributed by atoms with E-state index in [0.29, 0.717) is 37.7 Å². The molecule has 2 amide bonds. The SMILES string of the molecule is CCN(c1ccc(NC(=O)C2CC(=O)N(CCc3ccccn3)C2)cc1)c1nc(C)cc(C)n1. The van der Waals surface area contributed by atoms with Crippen LogP contribution < -0.4 is 10.2 Å². The van der Waals surface area contributed by atoms with E-state index in [-0.39, 0.29) is 24.2 Å². The second kappa shape index (κ2) is 10.4. The molecule has 176 valence electrons. The van der Waals surface area contributed by atoms with Crippen molar-refractivity contribution in [1.82, 2.24) is 19.9 Å². The van der Waals surface area contributed by atoms with E-state index in [0.717, 1.165) is 22.8 Å². The van der Waals surface area contributed by atoms with Gasteiger partial charge in [-0.15, -0.1) is 0 Å². The number of hydrogen-bond donors (Lipinski definition) is 1. The number of nitrogens with zero attached hydrogens (tertiary/aromatic N) is 5. The molecule has 1 unspecified atom stereocenters. The lowest BCUT2D eigenvalue weighted by Crippen LogP contribution is -2.30. The third-order valence-electron chi connectivity index (χ3n) is 5.92. The fourth-order valence-electron chi connectivity index (χ4n) is 4.20. The molecule has 8 heteroatoms. The Morgan fingerprint density at radius 2 is 1.85 bits per heavy atom. The number of nitrogens with one attached hydrogen (secondary N) is 1. The van der Waals surface area contributed by atoms with Crippen molar-refractivity contribution in [2.24, 2.45) is 5.92 Å². The predicted molar refractivity (Wildman–Crippen MR) is 132 cm³/mol. The minimum absolute atomic E-state index is 0.0125. The number of rotatable bonds is 8. The van der Waals surface area contributed by atoms with E-state index in [1.54, 1.807) is 11.1 Å². The average molecular weight is 459 g/mol. The summed E-state index contributed by atoms with van der Waals surface area (Å²) < 4.78 is 0. The van der Waals surface area contributed by atoms with Crippen molar-refractivity contribution in [3.8, 4) is 0 Å². The van der Waals surface area contributed by atoms with E-state index < -0.39 is 0 Å². The Morgan fingerprint density at radius 1 is 1.12 bits per heavy atom. The lowest BCUT2D eigenvalue weighted by molar-refractivity contribution is -0.128. The van der Waals surface area contributed by atoms with Crippen molar-refractivity contribution in [2.45, 2.75) is 33.6 Å². The van der Waals surface area contributed by atoms with Gasteiger partial charge in [-0.1, -0.05) is 6.07 Å². The van der Waals surface area contributed by atoms with Crippen LogP contribution in [0.1, 0.15) is 30.4 Å². The number of hydrogen-bond acceptors (Lipinski definition) is 6. The quantitative estimate of drug-likeness (QED) is 0.554. The number of amides is 2. The zero-order chi connectivity index (χ0) is 24.1. The molecule has 3 aromatic rings. The molecule has 0 saturated carbocycles.